The van der Waals surface area contributed by atoms with E-state index in [2.05, 4.69) is 10.6 Å². The second-order valence-corrected chi connectivity index (χ2v) is 6.17. The number of methoxy groups -OCH3 is 2. The Balaban J connectivity index is 2.03. The highest BCUT2D eigenvalue weighted by Gasteiger charge is 2.17. The molecule has 2 aromatic carbocycles. The topological polar surface area (TPSA) is 68.8 Å². The molecule has 2 rings (SSSR count). The number of hydrogen-bond donors (Lipinski definition) is 2. The van der Waals surface area contributed by atoms with Crippen LogP contribution in [0.25, 0.3) is 0 Å². The van der Waals surface area contributed by atoms with E-state index in [9.17, 15) is 4.79 Å². The van der Waals surface area contributed by atoms with Gasteiger partial charge in [0.25, 0.3) is 0 Å². The predicted molar refractivity (Wildman–Crippen MR) is 106 cm³/mol. The fourth-order valence-electron chi connectivity index (χ4n) is 2.81. The Bertz CT molecular complexity index is 764. The zero-order valence-corrected chi connectivity index (χ0v) is 16.5. The normalized spacial score (nSPS) is 12.6. The first-order valence-electron chi connectivity index (χ1n) is 9.00. The average molecular weight is 372 g/mol. The van der Waals surface area contributed by atoms with Crippen molar-refractivity contribution < 1.29 is 19.0 Å². The Hall–Kier alpha value is -2.89. The first kappa shape index (κ1) is 20.4. The molecule has 27 heavy (non-hydrogen) atoms. The lowest BCUT2D eigenvalue weighted by molar-refractivity contribution is 0.234. The molecule has 146 valence electrons. The summed E-state index contributed by atoms with van der Waals surface area (Å²) in [6.07, 6.45) is 0. The Morgan fingerprint density at radius 2 is 1.70 bits per heavy atom. The molecule has 0 radical (unpaired) electrons. The minimum Gasteiger partial charge on any atom is -0.497 e. The zero-order chi connectivity index (χ0) is 19.8. The lowest BCUT2D eigenvalue weighted by Gasteiger charge is -2.21. The molecule has 0 aliphatic heterocycles. The molecule has 2 atom stereocenters. The van der Waals surface area contributed by atoms with Gasteiger partial charge in [-0.1, -0.05) is 12.1 Å². The van der Waals surface area contributed by atoms with Gasteiger partial charge >= 0.3 is 6.03 Å². The van der Waals surface area contributed by atoms with Crippen LogP contribution < -0.4 is 24.8 Å². The summed E-state index contributed by atoms with van der Waals surface area (Å²) in [5, 5.41) is 5.90. The van der Waals surface area contributed by atoms with Gasteiger partial charge in [-0.05, 0) is 56.7 Å². The van der Waals surface area contributed by atoms with Crippen LogP contribution in [0.2, 0.25) is 0 Å². The summed E-state index contributed by atoms with van der Waals surface area (Å²) in [5.41, 5.74) is 1.82. The Labute approximate surface area is 160 Å². The molecular weight excluding hydrogens is 344 g/mol. The smallest absolute Gasteiger partial charge is 0.315 e. The van der Waals surface area contributed by atoms with Gasteiger partial charge in [0.15, 0.2) is 0 Å². The van der Waals surface area contributed by atoms with Gasteiger partial charge in [-0.2, -0.15) is 0 Å². The number of nitrogens with one attached hydrogen (secondary N) is 2. The van der Waals surface area contributed by atoms with Gasteiger partial charge in [0.2, 0.25) is 0 Å². The van der Waals surface area contributed by atoms with Crippen LogP contribution in [0.3, 0.4) is 0 Å². The van der Waals surface area contributed by atoms with Crippen LogP contribution in [-0.4, -0.2) is 26.9 Å². The summed E-state index contributed by atoms with van der Waals surface area (Å²) in [5.74, 6) is 2.19. The maximum Gasteiger partial charge on any atom is 0.315 e. The fourth-order valence-corrected chi connectivity index (χ4v) is 2.81. The van der Waals surface area contributed by atoms with Crippen LogP contribution in [0.1, 0.15) is 44.0 Å². The third-order valence-corrected chi connectivity index (χ3v) is 4.27. The monoisotopic (exact) mass is 372 g/mol. The standard InChI is InChI=1S/C21H28N2O4/c1-6-27-18-9-7-8-16(12-18)14(2)22-21(24)23-15(3)19-13-17(25-4)10-11-20(19)26-5/h7-15H,6H2,1-5H3,(H2,22,23,24). The van der Waals surface area contributed by atoms with Crippen molar-refractivity contribution in [2.75, 3.05) is 20.8 Å². The maximum absolute atomic E-state index is 12.4. The Kier molecular flexibility index (Phi) is 7.34. The predicted octanol–water partition coefficient (Wildman–Crippen LogP) is 4.22. The number of hydrogen-bond acceptors (Lipinski definition) is 4. The van der Waals surface area contributed by atoms with Gasteiger partial charge in [0.05, 0.1) is 32.9 Å². The highest BCUT2D eigenvalue weighted by molar-refractivity contribution is 5.75. The number of rotatable bonds is 8. The summed E-state index contributed by atoms with van der Waals surface area (Å²) in [6.45, 7) is 6.38. The molecule has 0 aliphatic rings. The number of amides is 2. The molecule has 6 nitrogen and oxygen atoms in total. The van der Waals surface area contributed by atoms with E-state index in [0.29, 0.717) is 18.1 Å². The summed E-state index contributed by atoms with van der Waals surface area (Å²) in [6, 6.07) is 12.5. The first-order chi connectivity index (χ1) is 13.0. The largest absolute Gasteiger partial charge is 0.497 e. The molecule has 0 bridgehead atoms. The molecule has 2 amide bonds. The minimum atomic E-state index is -0.262. The number of carbonyl (C=O) groups excluding carboxylic acids is 1. The highest BCUT2D eigenvalue weighted by Crippen LogP contribution is 2.29. The van der Waals surface area contributed by atoms with Crippen LogP contribution in [0.15, 0.2) is 42.5 Å². The summed E-state index contributed by atoms with van der Waals surface area (Å²) in [7, 11) is 3.21. The van der Waals surface area contributed by atoms with Gasteiger partial charge < -0.3 is 24.8 Å². The molecule has 6 heteroatoms. The lowest BCUT2D eigenvalue weighted by Crippen LogP contribution is -2.38. The summed E-state index contributed by atoms with van der Waals surface area (Å²) in [4.78, 5) is 12.4. The van der Waals surface area contributed by atoms with Crippen molar-refractivity contribution in [2.45, 2.75) is 32.9 Å². The van der Waals surface area contributed by atoms with Gasteiger partial charge in [0.1, 0.15) is 17.2 Å². The Morgan fingerprint density at radius 1 is 0.963 bits per heavy atom. The van der Waals surface area contributed by atoms with Crippen LogP contribution >= 0.6 is 0 Å². The number of urea groups is 1. The van der Waals surface area contributed by atoms with Crippen molar-refractivity contribution in [1.82, 2.24) is 10.6 Å². The molecular formula is C21H28N2O4. The van der Waals surface area contributed by atoms with Crippen molar-refractivity contribution in [1.29, 1.82) is 0 Å². The summed E-state index contributed by atoms with van der Waals surface area (Å²) < 4.78 is 16.2. The van der Waals surface area contributed by atoms with E-state index in [1.165, 1.54) is 0 Å². The van der Waals surface area contributed by atoms with Crippen LogP contribution in [-0.2, 0) is 0 Å². The molecule has 2 aromatic rings. The molecule has 0 heterocycles. The second-order valence-electron chi connectivity index (χ2n) is 6.17. The number of benzene rings is 2. The van der Waals surface area contributed by atoms with E-state index in [1.54, 1.807) is 14.2 Å². The molecule has 0 aromatic heterocycles. The zero-order valence-electron chi connectivity index (χ0n) is 16.5. The van der Waals surface area contributed by atoms with Crippen molar-refractivity contribution in [2.24, 2.45) is 0 Å². The van der Waals surface area contributed by atoms with Crippen molar-refractivity contribution in [3.8, 4) is 17.2 Å². The van der Waals surface area contributed by atoms with Crippen LogP contribution in [0, 0.1) is 0 Å². The second kappa shape index (κ2) is 9.71. The van der Waals surface area contributed by atoms with Gasteiger partial charge in [0, 0.05) is 5.56 Å². The number of ether oxygens (including phenoxy) is 3. The van der Waals surface area contributed by atoms with E-state index < -0.39 is 0 Å². The van der Waals surface area contributed by atoms with E-state index >= 15 is 0 Å². The minimum absolute atomic E-state index is 0.162. The number of carbonyl (C=O) groups is 1. The van der Waals surface area contributed by atoms with Gasteiger partial charge in [-0.25, -0.2) is 4.79 Å². The average Bonchev–Trinajstić information content (AvgIpc) is 2.67. The fraction of sp³-hybridized carbons (Fsp3) is 0.381. The van der Waals surface area contributed by atoms with Crippen molar-refractivity contribution in [3.05, 3.63) is 53.6 Å². The van der Waals surface area contributed by atoms with Gasteiger partial charge in [-0.3, -0.25) is 0 Å². The van der Waals surface area contributed by atoms with Crippen molar-refractivity contribution in [3.63, 3.8) is 0 Å². The van der Waals surface area contributed by atoms with E-state index in [0.717, 1.165) is 16.9 Å². The molecule has 0 fully saturated rings. The highest BCUT2D eigenvalue weighted by atomic mass is 16.5. The molecule has 0 aliphatic carbocycles. The third kappa shape index (κ3) is 5.54. The van der Waals surface area contributed by atoms with Crippen molar-refractivity contribution >= 4 is 6.03 Å². The molecule has 2 unspecified atom stereocenters. The lowest BCUT2D eigenvalue weighted by atomic mass is 10.1. The molecule has 2 N–H and O–H groups in total. The van der Waals surface area contributed by atoms with E-state index in [1.807, 2.05) is 63.2 Å². The maximum atomic E-state index is 12.4. The summed E-state index contributed by atoms with van der Waals surface area (Å²) >= 11 is 0. The quantitative estimate of drug-likeness (QED) is 0.728. The molecule has 0 saturated heterocycles. The van der Waals surface area contributed by atoms with Gasteiger partial charge in [-0.15, -0.1) is 0 Å². The SMILES string of the molecule is CCOc1cccc(C(C)NC(=O)NC(C)c2cc(OC)ccc2OC)c1. The molecule has 0 spiro atoms. The first-order valence-corrected chi connectivity index (χ1v) is 9.00. The third-order valence-electron chi connectivity index (χ3n) is 4.27. The Morgan fingerprint density at radius 3 is 2.37 bits per heavy atom. The van der Waals surface area contributed by atoms with Crippen LogP contribution in [0.4, 0.5) is 4.79 Å². The van der Waals surface area contributed by atoms with Crippen LogP contribution in [0.5, 0.6) is 17.2 Å². The van der Waals surface area contributed by atoms with E-state index in [-0.39, 0.29) is 18.1 Å². The van der Waals surface area contributed by atoms with E-state index in [4.69, 9.17) is 14.2 Å². The molecule has 0 saturated carbocycles.